The van der Waals surface area contributed by atoms with E-state index in [-0.39, 0.29) is 6.10 Å². The fourth-order valence-corrected chi connectivity index (χ4v) is 2.34. The van der Waals surface area contributed by atoms with E-state index < -0.39 is 0 Å². The third-order valence-corrected chi connectivity index (χ3v) is 3.44. The van der Waals surface area contributed by atoms with Gasteiger partial charge in [-0.15, -0.1) is 0 Å². The van der Waals surface area contributed by atoms with Gasteiger partial charge < -0.3 is 14.8 Å². The topological polar surface area (TPSA) is 69.2 Å². The maximum absolute atomic E-state index is 5.56. The molecular weight excluding hydrogens is 268 g/mol. The number of nitrogens with zero attached hydrogens (tertiary/aromatic N) is 3. The summed E-state index contributed by atoms with van der Waals surface area (Å²) in [6.07, 6.45) is 7.73. The van der Waals surface area contributed by atoms with Crippen LogP contribution in [-0.4, -0.2) is 41.3 Å². The number of methoxy groups -OCH3 is 1. The molecule has 2 aromatic rings. The Bertz CT molecular complexity index is 582. The van der Waals surface area contributed by atoms with Crippen molar-refractivity contribution in [2.75, 3.05) is 25.6 Å². The summed E-state index contributed by atoms with van der Waals surface area (Å²) < 4.78 is 10.8. The summed E-state index contributed by atoms with van der Waals surface area (Å²) in [4.78, 5) is 12.8. The number of aromatic nitrogens is 3. The van der Waals surface area contributed by atoms with Crippen molar-refractivity contribution in [3.05, 3.63) is 30.7 Å². The van der Waals surface area contributed by atoms with Crippen molar-refractivity contribution in [1.82, 2.24) is 15.0 Å². The maximum atomic E-state index is 5.56. The van der Waals surface area contributed by atoms with E-state index in [9.17, 15) is 0 Å². The molecule has 6 nitrogen and oxygen atoms in total. The van der Waals surface area contributed by atoms with Gasteiger partial charge in [0.1, 0.15) is 0 Å². The maximum Gasteiger partial charge on any atom is 0.222 e. The highest BCUT2D eigenvalue weighted by atomic mass is 16.5. The minimum atomic E-state index is 0.270. The molecule has 1 saturated heterocycles. The van der Waals surface area contributed by atoms with Gasteiger partial charge in [0, 0.05) is 42.9 Å². The van der Waals surface area contributed by atoms with Gasteiger partial charge in [0.2, 0.25) is 11.8 Å². The Morgan fingerprint density at radius 3 is 2.90 bits per heavy atom. The molecule has 1 atom stereocenters. The van der Waals surface area contributed by atoms with Crippen LogP contribution in [0.15, 0.2) is 30.7 Å². The van der Waals surface area contributed by atoms with Crippen molar-refractivity contribution in [3.63, 3.8) is 0 Å². The molecule has 1 fully saturated rings. The van der Waals surface area contributed by atoms with Gasteiger partial charge in [0.25, 0.3) is 0 Å². The van der Waals surface area contributed by atoms with Crippen molar-refractivity contribution in [2.45, 2.75) is 18.9 Å². The molecular formula is C15H18N4O2. The van der Waals surface area contributed by atoms with Gasteiger partial charge in [-0.3, -0.25) is 0 Å². The number of pyridine rings is 1. The minimum absolute atomic E-state index is 0.270. The molecule has 0 aliphatic carbocycles. The Kier molecular flexibility index (Phi) is 4.25. The Balaban J connectivity index is 1.68. The van der Waals surface area contributed by atoms with Crippen LogP contribution in [0.5, 0.6) is 5.88 Å². The van der Waals surface area contributed by atoms with E-state index in [0.717, 1.165) is 37.1 Å². The molecule has 21 heavy (non-hydrogen) atoms. The highest BCUT2D eigenvalue weighted by Gasteiger charge is 2.15. The van der Waals surface area contributed by atoms with Crippen LogP contribution in [0.25, 0.3) is 11.1 Å². The second kappa shape index (κ2) is 6.49. The first-order chi connectivity index (χ1) is 10.4. The van der Waals surface area contributed by atoms with Crippen LogP contribution < -0.4 is 10.1 Å². The zero-order valence-corrected chi connectivity index (χ0v) is 12.0. The molecule has 0 amide bonds. The van der Waals surface area contributed by atoms with Crippen molar-refractivity contribution in [2.24, 2.45) is 0 Å². The molecule has 110 valence electrons. The molecule has 1 N–H and O–H groups in total. The highest BCUT2D eigenvalue weighted by Crippen LogP contribution is 2.26. The zero-order chi connectivity index (χ0) is 14.5. The molecule has 0 bridgehead atoms. The van der Waals surface area contributed by atoms with E-state index in [0.29, 0.717) is 11.8 Å². The van der Waals surface area contributed by atoms with Gasteiger partial charge in [-0.2, -0.15) is 0 Å². The minimum Gasteiger partial charge on any atom is -0.481 e. The van der Waals surface area contributed by atoms with Crippen LogP contribution in [0.4, 0.5) is 5.95 Å². The normalized spacial score (nSPS) is 17.7. The Hall–Kier alpha value is -2.21. The molecule has 1 unspecified atom stereocenters. The second-order valence-corrected chi connectivity index (χ2v) is 4.87. The van der Waals surface area contributed by atoms with Gasteiger partial charge in [-0.05, 0) is 25.0 Å². The van der Waals surface area contributed by atoms with Crippen molar-refractivity contribution in [3.8, 4) is 17.0 Å². The van der Waals surface area contributed by atoms with Crippen molar-refractivity contribution < 1.29 is 9.47 Å². The average Bonchev–Trinajstić information content (AvgIpc) is 3.07. The summed E-state index contributed by atoms with van der Waals surface area (Å²) >= 11 is 0. The number of hydrogen-bond donors (Lipinski definition) is 1. The van der Waals surface area contributed by atoms with E-state index in [1.807, 2.05) is 12.1 Å². The molecule has 0 radical (unpaired) electrons. The summed E-state index contributed by atoms with van der Waals surface area (Å²) in [6, 6.07) is 3.80. The summed E-state index contributed by atoms with van der Waals surface area (Å²) in [7, 11) is 1.60. The second-order valence-electron chi connectivity index (χ2n) is 4.87. The fraction of sp³-hybridized carbons (Fsp3) is 0.400. The SMILES string of the molecule is COc1ncccc1-c1cnc(NCC2CCCO2)nc1. The van der Waals surface area contributed by atoms with E-state index in [2.05, 4.69) is 20.3 Å². The fourth-order valence-electron chi connectivity index (χ4n) is 2.34. The predicted octanol–water partition coefficient (Wildman–Crippen LogP) is 2.14. The lowest BCUT2D eigenvalue weighted by Gasteiger charge is -2.11. The molecule has 6 heteroatoms. The first kappa shape index (κ1) is 13.8. The quantitative estimate of drug-likeness (QED) is 0.908. The van der Waals surface area contributed by atoms with E-state index in [4.69, 9.17) is 9.47 Å². The first-order valence-electron chi connectivity index (χ1n) is 7.03. The predicted molar refractivity (Wildman–Crippen MR) is 79.3 cm³/mol. The average molecular weight is 286 g/mol. The number of ether oxygens (including phenoxy) is 2. The standard InChI is InChI=1S/C15H18N4O2/c1-20-14-13(5-2-6-16-14)11-8-17-15(18-9-11)19-10-12-4-3-7-21-12/h2,5-6,8-9,12H,3-4,7,10H2,1H3,(H,17,18,19). The lowest BCUT2D eigenvalue weighted by molar-refractivity contribution is 0.120. The van der Waals surface area contributed by atoms with Crippen LogP contribution in [0.1, 0.15) is 12.8 Å². The molecule has 0 spiro atoms. The van der Waals surface area contributed by atoms with Crippen LogP contribution in [0.2, 0.25) is 0 Å². The van der Waals surface area contributed by atoms with Gasteiger partial charge >= 0.3 is 0 Å². The van der Waals surface area contributed by atoms with Gasteiger partial charge in [0.05, 0.1) is 13.2 Å². The van der Waals surface area contributed by atoms with Crippen molar-refractivity contribution in [1.29, 1.82) is 0 Å². The lowest BCUT2D eigenvalue weighted by Crippen LogP contribution is -2.19. The van der Waals surface area contributed by atoms with E-state index in [1.54, 1.807) is 25.7 Å². The molecule has 3 rings (SSSR count). The molecule has 2 aromatic heterocycles. The molecule has 3 heterocycles. The molecule has 0 aromatic carbocycles. The third kappa shape index (κ3) is 3.28. The third-order valence-electron chi connectivity index (χ3n) is 3.44. The van der Waals surface area contributed by atoms with E-state index in [1.165, 1.54) is 0 Å². The van der Waals surface area contributed by atoms with E-state index >= 15 is 0 Å². The number of hydrogen-bond acceptors (Lipinski definition) is 6. The number of anilines is 1. The van der Waals surface area contributed by atoms with Crippen LogP contribution in [0, 0.1) is 0 Å². The Morgan fingerprint density at radius 2 is 2.19 bits per heavy atom. The number of rotatable bonds is 5. The largest absolute Gasteiger partial charge is 0.481 e. The van der Waals surface area contributed by atoms with Crippen LogP contribution in [-0.2, 0) is 4.74 Å². The highest BCUT2D eigenvalue weighted by molar-refractivity contribution is 5.67. The van der Waals surface area contributed by atoms with Crippen molar-refractivity contribution >= 4 is 5.95 Å². The molecule has 1 aliphatic heterocycles. The lowest BCUT2D eigenvalue weighted by atomic mass is 10.1. The van der Waals surface area contributed by atoms with Gasteiger partial charge in [0.15, 0.2) is 0 Å². The monoisotopic (exact) mass is 286 g/mol. The Morgan fingerprint density at radius 1 is 1.33 bits per heavy atom. The molecule has 0 saturated carbocycles. The summed E-state index contributed by atoms with van der Waals surface area (Å²) in [5, 5.41) is 3.20. The zero-order valence-electron chi connectivity index (χ0n) is 12.0. The van der Waals surface area contributed by atoms with Crippen LogP contribution >= 0.6 is 0 Å². The first-order valence-corrected chi connectivity index (χ1v) is 7.03. The molecule has 1 aliphatic rings. The summed E-state index contributed by atoms with van der Waals surface area (Å²) in [5.41, 5.74) is 1.76. The Labute approximate surface area is 123 Å². The number of nitrogens with one attached hydrogen (secondary N) is 1. The smallest absolute Gasteiger partial charge is 0.222 e. The summed E-state index contributed by atoms with van der Waals surface area (Å²) in [5.74, 6) is 1.18. The van der Waals surface area contributed by atoms with Crippen LogP contribution in [0.3, 0.4) is 0 Å². The van der Waals surface area contributed by atoms with Gasteiger partial charge in [-0.25, -0.2) is 15.0 Å². The summed E-state index contributed by atoms with van der Waals surface area (Å²) in [6.45, 7) is 1.60. The van der Waals surface area contributed by atoms with Gasteiger partial charge in [-0.1, -0.05) is 0 Å².